The third-order valence-electron chi connectivity index (χ3n) is 4.22. The second kappa shape index (κ2) is 6.30. The Hall–Kier alpha value is -3.72. The van der Waals surface area contributed by atoms with Gasteiger partial charge in [0, 0.05) is 5.39 Å². The van der Waals surface area contributed by atoms with Gasteiger partial charge in [-0.05, 0) is 29.7 Å². The van der Waals surface area contributed by atoms with Crippen molar-refractivity contribution in [1.82, 2.24) is 15.0 Å². The van der Waals surface area contributed by atoms with Gasteiger partial charge in [-0.1, -0.05) is 30.3 Å². The quantitative estimate of drug-likeness (QED) is 0.572. The third-order valence-corrected chi connectivity index (χ3v) is 4.22. The summed E-state index contributed by atoms with van der Waals surface area (Å²) >= 11 is 0. The molecule has 2 aromatic carbocycles. The molecule has 0 saturated carbocycles. The van der Waals surface area contributed by atoms with E-state index in [4.69, 9.17) is 4.74 Å². The number of carbonyl (C=O) groups is 1. The highest BCUT2D eigenvalue weighted by atomic mass is 16.5. The van der Waals surface area contributed by atoms with Gasteiger partial charge in [0.05, 0.1) is 24.2 Å². The Kier molecular flexibility index (Phi) is 3.82. The largest absolute Gasteiger partial charge is 0.481 e. The second-order valence-electron chi connectivity index (χ2n) is 5.80. The van der Waals surface area contributed by atoms with Gasteiger partial charge in [-0.2, -0.15) is 5.26 Å². The third kappa shape index (κ3) is 2.56. The Bertz CT molecular complexity index is 1140. The van der Waals surface area contributed by atoms with Crippen LogP contribution in [0.15, 0.2) is 54.6 Å². The highest BCUT2D eigenvalue weighted by Gasteiger charge is 2.27. The van der Waals surface area contributed by atoms with Crippen molar-refractivity contribution in [1.29, 1.82) is 5.26 Å². The van der Waals surface area contributed by atoms with Gasteiger partial charge in [0.15, 0.2) is 5.92 Å². The summed E-state index contributed by atoms with van der Waals surface area (Å²) in [6.45, 7) is 0. The van der Waals surface area contributed by atoms with Crippen molar-refractivity contribution >= 4 is 27.6 Å². The summed E-state index contributed by atoms with van der Waals surface area (Å²) in [6.07, 6.45) is 0. The molecule has 0 aliphatic heterocycles. The van der Waals surface area contributed by atoms with Crippen molar-refractivity contribution in [2.24, 2.45) is 0 Å². The number of Topliss-reactive ketones (excluding diaryl/α,β-unsaturated/α-hetero) is 1. The Morgan fingerprint density at radius 3 is 2.69 bits per heavy atom. The van der Waals surface area contributed by atoms with Crippen molar-refractivity contribution < 1.29 is 9.53 Å². The number of fused-ring (bicyclic) bond motifs is 2. The molecule has 0 amide bonds. The van der Waals surface area contributed by atoms with E-state index in [-0.39, 0.29) is 5.69 Å². The average molecular weight is 342 g/mol. The van der Waals surface area contributed by atoms with E-state index >= 15 is 0 Å². The lowest BCUT2D eigenvalue weighted by atomic mass is 10.0. The van der Waals surface area contributed by atoms with Gasteiger partial charge in [-0.15, -0.1) is 0 Å². The maximum absolute atomic E-state index is 13.0. The molecule has 0 spiro atoms. The van der Waals surface area contributed by atoms with Crippen molar-refractivity contribution in [3.05, 3.63) is 66.1 Å². The molecule has 2 aromatic heterocycles. The maximum atomic E-state index is 13.0. The maximum Gasteiger partial charge on any atom is 0.221 e. The van der Waals surface area contributed by atoms with Gasteiger partial charge in [0.1, 0.15) is 11.5 Å². The predicted molar refractivity (Wildman–Crippen MR) is 97.1 cm³/mol. The Balaban J connectivity index is 1.80. The summed E-state index contributed by atoms with van der Waals surface area (Å²) in [4.78, 5) is 24.7. The van der Waals surface area contributed by atoms with Crippen LogP contribution >= 0.6 is 0 Å². The molecule has 6 heteroatoms. The number of methoxy groups -OCH3 is 1. The molecule has 1 atom stereocenters. The number of benzene rings is 2. The summed E-state index contributed by atoms with van der Waals surface area (Å²) in [7, 11) is 1.50. The average Bonchev–Trinajstić information content (AvgIpc) is 3.11. The predicted octanol–water partition coefficient (Wildman–Crippen LogP) is 3.61. The minimum Gasteiger partial charge on any atom is -0.481 e. The minimum atomic E-state index is -1.07. The molecule has 26 heavy (non-hydrogen) atoms. The number of nitrogens with zero attached hydrogens (tertiary/aromatic N) is 3. The number of hydrogen-bond acceptors (Lipinski definition) is 5. The fourth-order valence-corrected chi connectivity index (χ4v) is 2.95. The van der Waals surface area contributed by atoms with Gasteiger partial charge in [0.25, 0.3) is 0 Å². The number of ether oxygens (including phenoxy) is 1. The van der Waals surface area contributed by atoms with Crippen molar-refractivity contribution in [3.8, 4) is 11.9 Å². The first kappa shape index (κ1) is 15.8. The number of pyridine rings is 1. The number of aromatic nitrogens is 3. The van der Waals surface area contributed by atoms with Crippen LogP contribution in [-0.4, -0.2) is 27.8 Å². The van der Waals surface area contributed by atoms with Crippen LogP contribution in [0.4, 0.5) is 0 Å². The van der Waals surface area contributed by atoms with Gasteiger partial charge in [0.2, 0.25) is 11.7 Å². The Morgan fingerprint density at radius 2 is 1.92 bits per heavy atom. The first-order chi connectivity index (χ1) is 12.7. The number of hydrogen-bond donors (Lipinski definition) is 1. The van der Waals surface area contributed by atoms with Crippen LogP contribution in [0.5, 0.6) is 5.88 Å². The van der Waals surface area contributed by atoms with Crippen LogP contribution in [0.3, 0.4) is 0 Å². The SMILES string of the molecule is COc1nc(C(=O)C(C#N)c2nc3ccccc3[nH]2)cc2ccccc12. The first-order valence-corrected chi connectivity index (χ1v) is 8.03. The summed E-state index contributed by atoms with van der Waals surface area (Å²) in [5.74, 6) is -0.822. The van der Waals surface area contributed by atoms with Crippen LogP contribution in [0.25, 0.3) is 21.8 Å². The standard InChI is InChI=1S/C20H14N4O2/c1-26-20-13-7-3-2-6-12(13)10-17(24-20)18(25)14(11-21)19-22-15-8-4-5-9-16(15)23-19/h2-10,14H,1H3,(H,22,23). The number of carbonyl (C=O) groups excluding carboxylic acids is 1. The van der Waals surface area contributed by atoms with Crippen LogP contribution in [0.2, 0.25) is 0 Å². The number of rotatable bonds is 4. The molecule has 0 aliphatic rings. The highest BCUT2D eigenvalue weighted by molar-refractivity contribution is 6.04. The number of ketones is 1. The molecule has 4 rings (SSSR count). The number of nitrogens with one attached hydrogen (secondary N) is 1. The lowest BCUT2D eigenvalue weighted by Crippen LogP contribution is -2.14. The molecule has 2 heterocycles. The zero-order valence-electron chi connectivity index (χ0n) is 13.9. The monoisotopic (exact) mass is 342 g/mol. The lowest BCUT2D eigenvalue weighted by molar-refractivity contribution is 0.0971. The highest BCUT2D eigenvalue weighted by Crippen LogP contribution is 2.27. The van der Waals surface area contributed by atoms with E-state index in [1.54, 1.807) is 6.07 Å². The van der Waals surface area contributed by atoms with Crippen LogP contribution < -0.4 is 4.74 Å². The van der Waals surface area contributed by atoms with Crippen LogP contribution in [-0.2, 0) is 0 Å². The summed E-state index contributed by atoms with van der Waals surface area (Å²) in [5, 5.41) is 11.2. The molecular weight excluding hydrogens is 328 g/mol. The van der Waals surface area contributed by atoms with E-state index in [0.717, 1.165) is 16.3 Å². The van der Waals surface area contributed by atoms with Gasteiger partial charge < -0.3 is 9.72 Å². The van der Waals surface area contributed by atoms with Gasteiger partial charge in [-0.25, -0.2) is 9.97 Å². The fourth-order valence-electron chi connectivity index (χ4n) is 2.95. The smallest absolute Gasteiger partial charge is 0.221 e. The van der Waals surface area contributed by atoms with Crippen LogP contribution in [0.1, 0.15) is 22.2 Å². The van der Waals surface area contributed by atoms with E-state index in [2.05, 4.69) is 15.0 Å². The number of nitriles is 1. The van der Waals surface area contributed by atoms with E-state index in [9.17, 15) is 10.1 Å². The van der Waals surface area contributed by atoms with Crippen molar-refractivity contribution in [2.75, 3.05) is 7.11 Å². The Morgan fingerprint density at radius 1 is 1.15 bits per heavy atom. The molecule has 1 N–H and O–H groups in total. The lowest BCUT2D eigenvalue weighted by Gasteiger charge is -2.09. The normalized spacial score (nSPS) is 12.0. The Labute approximate surface area is 149 Å². The minimum absolute atomic E-state index is 0.174. The zero-order valence-corrected chi connectivity index (χ0v) is 13.9. The number of imidazole rings is 1. The zero-order chi connectivity index (χ0) is 18.1. The molecule has 126 valence electrons. The molecule has 1 unspecified atom stereocenters. The van der Waals surface area contributed by atoms with Gasteiger partial charge >= 0.3 is 0 Å². The molecule has 0 saturated heterocycles. The number of para-hydroxylation sites is 2. The molecule has 0 bridgehead atoms. The van der Waals surface area contributed by atoms with Crippen molar-refractivity contribution in [2.45, 2.75) is 5.92 Å². The molecule has 0 radical (unpaired) electrons. The van der Waals surface area contributed by atoms with E-state index in [1.165, 1.54) is 7.11 Å². The first-order valence-electron chi connectivity index (χ1n) is 8.03. The van der Waals surface area contributed by atoms with Gasteiger partial charge in [-0.3, -0.25) is 4.79 Å². The molecule has 4 aromatic rings. The molecular formula is C20H14N4O2. The summed E-state index contributed by atoms with van der Waals surface area (Å²) in [6, 6.07) is 18.6. The second-order valence-corrected chi connectivity index (χ2v) is 5.80. The molecule has 0 aliphatic carbocycles. The van der Waals surface area contributed by atoms with E-state index in [0.29, 0.717) is 17.2 Å². The molecule has 0 fully saturated rings. The summed E-state index contributed by atoms with van der Waals surface area (Å²) in [5.41, 5.74) is 1.66. The van der Waals surface area contributed by atoms with E-state index < -0.39 is 11.7 Å². The number of aromatic amines is 1. The molecule has 6 nitrogen and oxygen atoms in total. The fraction of sp³-hybridized carbons (Fsp3) is 0.100. The van der Waals surface area contributed by atoms with E-state index in [1.807, 2.05) is 54.6 Å². The summed E-state index contributed by atoms with van der Waals surface area (Å²) < 4.78 is 5.32. The number of H-pyrrole nitrogens is 1. The topological polar surface area (TPSA) is 91.7 Å². The van der Waals surface area contributed by atoms with Crippen molar-refractivity contribution in [3.63, 3.8) is 0 Å². The van der Waals surface area contributed by atoms with Crippen LogP contribution in [0, 0.1) is 11.3 Å².